The van der Waals surface area contributed by atoms with Crippen molar-refractivity contribution in [1.29, 1.82) is 0 Å². The maximum Gasteiger partial charge on any atom is 0.162 e. The number of hydrogen-bond donors (Lipinski definition) is 0. The number of methoxy groups -OCH3 is 2. The van der Waals surface area contributed by atoms with Crippen LogP contribution in [0.2, 0.25) is 0 Å². The fourth-order valence-corrected chi connectivity index (χ4v) is 3.71. The molecule has 19 heavy (non-hydrogen) atoms. The number of piperidine rings is 1. The lowest BCUT2D eigenvalue weighted by Crippen LogP contribution is -2.38. The van der Waals surface area contributed by atoms with Crippen LogP contribution in [0, 0.1) is 5.92 Å². The molecule has 4 heteroatoms. The molecule has 4 rings (SSSR count). The molecule has 100 valence electrons. The number of aliphatic imine (C=N–C) groups is 1. The summed E-state index contributed by atoms with van der Waals surface area (Å²) in [5.41, 5.74) is 2.30. The molecule has 2 heterocycles. The van der Waals surface area contributed by atoms with E-state index < -0.39 is 0 Å². The molecule has 1 saturated heterocycles. The van der Waals surface area contributed by atoms with Crippen molar-refractivity contribution < 1.29 is 9.47 Å². The Morgan fingerprint density at radius 3 is 2.74 bits per heavy atom. The molecule has 2 atom stereocenters. The number of nitrogens with zero attached hydrogens (tertiary/aromatic N) is 2. The first kappa shape index (κ1) is 11.1. The Balaban J connectivity index is 1.80. The molecule has 4 nitrogen and oxygen atoms in total. The van der Waals surface area contributed by atoms with Crippen LogP contribution in [0.3, 0.4) is 0 Å². The summed E-state index contributed by atoms with van der Waals surface area (Å²) in [5, 5.41) is 0. The summed E-state index contributed by atoms with van der Waals surface area (Å²) in [6.07, 6.45) is 3.93. The SMILES string of the molecule is COc1cc2c(cc1OC)N=C1C3CCC(C3)N1C2. The van der Waals surface area contributed by atoms with Crippen LogP contribution in [-0.4, -0.2) is 31.0 Å². The highest BCUT2D eigenvalue weighted by molar-refractivity contribution is 5.92. The van der Waals surface area contributed by atoms with Gasteiger partial charge in [-0.3, -0.25) is 0 Å². The highest BCUT2D eigenvalue weighted by Crippen LogP contribution is 2.46. The molecule has 0 radical (unpaired) electrons. The van der Waals surface area contributed by atoms with Crippen molar-refractivity contribution in [2.75, 3.05) is 14.2 Å². The average Bonchev–Trinajstić information content (AvgIpc) is 3.05. The monoisotopic (exact) mass is 258 g/mol. The van der Waals surface area contributed by atoms with E-state index in [0.717, 1.165) is 23.7 Å². The lowest BCUT2D eigenvalue weighted by molar-refractivity contribution is 0.314. The summed E-state index contributed by atoms with van der Waals surface area (Å²) in [4.78, 5) is 7.37. The van der Waals surface area contributed by atoms with Gasteiger partial charge in [-0.2, -0.15) is 0 Å². The Hall–Kier alpha value is -1.71. The first-order valence-electron chi connectivity index (χ1n) is 6.90. The molecule has 1 aromatic rings. The van der Waals surface area contributed by atoms with Gasteiger partial charge in [0.2, 0.25) is 0 Å². The van der Waals surface area contributed by atoms with Gasteiger partial charge < -0.3 is 14.4 Å². The third-order valence-corrected chi connectivity index (χ3v) is 4.67. The normalized spacial score (nSPS) is 26.8. The maximum atomic E-state index is 5.38. The van der Waals surface area contributed by atoms with Gasteiger partial charge in [0.1, 0.15) is 5.84 Å². The molecule has 2 aliphatic heterocycles. The van der Waals surface area contributed by atoms with Gasteiger partial charge in [0.05, 0.1) is 19.9 Å². The number of rotatable bonds is 2. The first-order valence-corrected chi connectivity index (χ1v) is 6.90. The van der Waals surface area contributed by atoms with E-state index in [1.165, 1.54) is 30.7 Å². The summed E-state index contributed by atoms with van der Waals surface area (Å²) in [6, 6.07) is 4.79. The van der Waals surface area contributed by atoms with Crippen molar-refractivity contribution in [2.45, 2.75) is 31.8 Å². The lowest BCUT2D eigenvalue weighted by atomic mass is 10.0. The zero-order chi connectivity index (χ0) is 13.0. The predicted octanol–water partition coefficient (Wildman–Crippen LogP) is 2.73. The van der Waals surface area contributed by atoms with Gasteiger partial charge in [0.25, 0.3) is 0 Å². The highest BCUT2D eigenvalue weighted by Gasteiger charge is 2.44. The molecule has 0 amide bonds. The van der Waals surface area contributed by atoms with E-state index in [-0.39, 0.29) is 0 Å². The molecule has 3 aliphatic rings. The summed E-state index contributed by atoms with van der Waals surface area (Å²) >= 11 is 0. The van der Waals surface area contributed by atoms with E-state index in [4.69, 9.17) is 14.5 Å². The highest BCUT2D eigenvalue weighted by atomic mass is 16.5. The summed E-state index contributed by atoms with van der Waals surface area (Å²) in [7, 11) is 3.35. The van der Waals surface area contributed by atoms with Gasteiger partial charge in [-0.15, -0.1) is 0 Å². The number of amidine groups is 1. The van der Waals surface area contributed by atoms with Crippen molar-refractivity contribution in [3.8, 4) is 11.5 Å². The molecular weight excluding hydrogens is 240 g/mol. The van der Waals surface area contributed by atoms with Gasteiger partial charge >= 0.3 is 0 Å². The topological polar surface area (TPSA) is 34.1 Å². The Morgan fingerprint density at radius 2 is 1.95 bits per heavy atom. The number of ether oxygens (including phenoxy) is 2. The molecule has 0 N–H and O–H groups in total. The van der Waals surface area contributed by atoms with E-state index in [2.05, 4.69) is 11.0 Å². The molecule has 1 aliphatic carbocycles. The second kappa shape index (κ2) is 3.89. The molecule has 1 saturated carbocycles. The minimum Gasteiger partial charge on any atom is -0.493 e. The van der Waals surface area contributed by atoms with Crippen molar-refractivity contribution in [3.63, 3.8) is 0 Å². The van der Waals surface area contributed by atoms with Crippen molar-refractivity contribution in [2.24, 2.45) is 10.9 Å². The largest absolute Gasteiger partial charge is 0.493 e. The molecule has 2 unspecified atom stereocenters. The second-order valence-electron chi connectivity index (χ2n) is 5.60. The van der Waals surface area contributed by atoms with E-state index in [0.29, 0.717) is 12.0 Å². The fraction of sp³-hybridized carbons (Fsp3) is 0.533. The van der Waals surface area contributed by atoms with Crippen LogP contribution in [0.4, 0.5) is 5.69 Å². The third-order valence-electron chi connectivity index (χ3n) is 4.67. The van der Waals surface area contributed by atoms with Crippen LogP contribution in [0.25, 0.3) is 0 Å². The van der Waals surface area contributed by atoms with Crippen LogP contribution >= 0.6 is 0 Å². The number of fused-ring (bicyclic) bond motifs is 6. The lowest BCUT2D eigenvalue weighted by Gasteiger charge is -2.34. The van der Waals surface area contributed by atoms with Gasteiger partial charge in [-0.05, 0) is 25.3 Å². The minimum absolute atomic E-state index is 0.686. The zero-order valence-electron chi connectivity index (χ0n) is 11.3. The number of benzene rings is 1. The summed E-state index contributed by atoms with van der Waals surface area (Å²) in [5.74, 6) is 3.55. The van der Waals surface area contributed by atoms with E-state index in [9.17, 15) is 0 Å². The Bertz CT molecular complexity index is 568. The Labute approximate surface area is 113 Å². The second-order valence-corrected chi connectivity index (χ2v) is 5.60. The smallest absolute Gasteiger partial charge is 0.162 e. The van der Waals surface area contributed by atoms with E-state index in [1.54, 1.807) is 14.2 Å². The van der Waals surface area contributed by atoms with E-state index in [1.807, 2.05) is 6.07 Å². The molecule has 2 bridgehead atoms. The summed E-state index contributed by atoms with van der Waals surface area (Å²) in [6.45, 7) is 0.968. The van der Waals surface area contributed by atoms with E-state index >= 15 is 0 Å². The average molecular weight is 258 g/mol. The first-order chi connectivity index (χ1) is 9.30. The summed E-state index contributed by atoms with van der Waals surface area (Å²) < 4.78 is 10.8. The van der Waals surface area contributed by atoms with Crippen molar-refractivity contribution in [1.82, 2.24) is 4.90 Å². The fourth-order valence-electron chi connectivity index (χ4n) is 3.71. The Kier molecular flexibility index (Phi) is 2.28. The standard InChI is InChI=1S/C15H18N2O2/c1-18-13-6-10-8-17-11-4-3-9(5-11)15(17)16-12(10)7-14(13)19-2/h6-7,9,11H,3-5,8H2,1-2H3. The number of hydrogen-bond acceptors (Lipinski definition) is 4. The van der Waals surface area contributed by atoms with Crippen LogP contribution in [0.15, 0.2) is 17.1 Å². The molecule has 2 fully saturated rings. The molecular formula is C15H18N2O2. The predicted molar refractivity (Wildman–Crippen MR) is 73.3 cm³/mol. The van der Waals surface area contributed by atoms with Gasteiger partial charge in [-0.1, -0.05) is 0 Å². The molecule has 1 aromatic carbocycles. The zero-order valence-corrected chi connectivity index (χ0v) is 11.3. The van der Waals surface area contributed by atoms with Crippen molar-refractivity contribution in [3.05, 3.63) is 17.7 Å². The van der Waals surface area contributed by atoms with Crippen LogP contribution < -0.4 is 9.47 Å². The Morgan fingerprint density at radius 1 is 1.16 bits per heavy atom. The molecule has 0 spiro atoms. The van der Waals surface area contributed by atoms with Crippen LogP contribution in [0.5, 0.6) is 11.5 Å². The molecule has 0 aromatic heterocycles. The minimum atomic E-state index is 0.686. The maximum absolute atomic E-state index is 5.38. The van der Waals surface area contributed by atoms with Crippen LogP contribution in [0.1, 0.15) is 24.8 Å². The van der Waals surface area contributed by atoms with Crippen molar-refractivity contribution >= 4 is 11.5 Å². The van der Waals surface area contributed by atoms with Gasteiger partial charge in [0.15, 0.2) is 11.5 Å². The van der Waals surface area contributed by atoms with Crippen LogP contribution in [-0.2, 0) is 6.54 Å². The van der Waals surface area contributed by atoms with Gasteiger partial charge in [0, 0.05) is 30.1 Å². The quantitative estimate of drug-likeness (QED) is 0.818. The van der Waals surface area contributed by atoms with Gasteiger partial charge in [-0.25, -0.2) is 4.99 Å². The third kappa shape index (κ3) is 1.49.